The summed E-state index contributed by atoms with van der Waals surface area (Å²) in [6.45, 7) is 3.68. The van der Waals surface area contributed by atoms with Crippen LogP contribution in [0.1, 0.15) is 20.3 Å². The molecule has 0 rings (SSSR count). The normalized spacial score (nSPS) is 9.69. The first-order valence-corrected chi connectivity index (χ1v) is 5.11. The lowest BCUT2D eigenvalue weighted by molar-refractivity contribution is -0.147. The second-order valence-corrected chi connectivity index (χ2v) is 3.51. The van der Waals surface area contributed by atoms with Crippen molar-refractivity contribution in [1.29, 1.82) is 5.26 Å². The predicted octanol–water partition coefficient (Wildman–Crippen LogP) is -0.754. The van der Waals surface area contributed by atoms with Gasteiger partial charge in [-0.3, -0.25) is 9.59 Å². The van der Waals surface area contributed by atoms with Crippen LogP contribution in [0.25, 0.3) is 0 Å². The molecular formula is C10H17N3O3. The van der Waals surface area contributed by atoms with Crippen LogP contribution < -0.4 is 5.32 Å². The fourth-order valence-corrected chi connectivity index (χ4v) is 1.16. The molecule has 0 saturated heterocycles. The van der Waals surface area contributed by atoms with E-state index in [2.05, 4.69) is 5.32 Å². The van der Waals surface area contributed by atoms with Crippen molar-refractivity contribution in [3.8, 4) is 6.07 Å². The van der Waals surface area contributed by atoms with E-state index < -0.39 is 11.8 Å². The quantitative estimate of drug-likeness (QED) is 0.477. The largest absolute Gasteiger partial charge is 0.396 e. The van der Waals surface area contributed by atoms with Gasteiger partial charge in [0.2, 0.25) is 0 Å². The number of rotatable bonds is 5. The Morgan fingerprint density at radius 3 is 2.56 bits per heavy atom. The van der Waals surface area contributed by atoms with Crippen molar-refractivity contribution >= 4 is 11.8 Å². The molecule has 16 heavy (non-hydrogen) atoms. The number of nitrogens with one attached hydrogen (secondary N) is 1. The van der Waals surface area contributed by atoms with E-state index in [0.717, 1.165) is 0 Å². The van der Waals surface area contributed by atoms with Crippen molar-refractivity contribution in [1.82, 2.24) is 10.2 Å². The Kier molecular flexibility index (Phi) is 6.88. The Bertz CT molecular complexity index is 284. The SMILES string of the molecule is CC(C)N(CCCO)C(=O)C(=O)NCC#N. The van der Waals surface area contributed by atoms with Crippen LogP contribution in [0.15, 0.2) is 0 Å². The highest BCUT2D eigenvalue weighted by Gasteiger charge is 2.23. The maximum atomic E-state index is 11.6. The summed E-state index contributed by atoms with van der Waals surface area (Å²) >= 11 is 0. The second kappa shape index (κ2) is 7.65. The smallest absolute Gasteiger partial charge is 0.312 e. The molecule has 0 radical (unpaired) electrons. The molecule has 6 heteroatoms. The monoisotopic (exact) mass is 227 g/mol. The van der Waals surface area contributed by atoms with Gasteiger partial charge in [0.1, 0.15) is 6.54 Å². The zero-order valence-corrected chi connectivity index (χ0v) is 9.56. The minimum Gasteiger partial charge on any atom is -0.396 e. The topological polar surface area (TPSA) is 93.4 Å². The molecule has 0 aliphatic carbocycles. The van der Waals surface area contributed by atoms with E-state index >= 15 is 0 Å². The van der Waals surface area contributed by atoms with Crippen molar-refractivity contribution in [2.75, 3.05) is 19.7 Å². The van der Waals surface area contributed by atoms with Gasteiger partial charge in [0, 0.05) is 19.2 Å². The average molecular weight is 227 g/mol. The van der Waals surface area contributed by atoms with Crippen molar-refractivity contribution in [3.63, 3.8) is 0 Å². The average Bonchev–Trinajstić information content (AvgIpc) is 2.25. The van der Waals surface area contributed by atoms with Gasteiger partial charge in [-0.25, -0.2) is 0 Å². The van der Waals surface area contributed by atoms with Crippen molar-refractivity contribution in [2.24, 2.45) is 0 Å². The number of aliphatic hydroxyl groups is 1. The first kappa shape index (κ1) is 14.4. The molecule has 0 unspecified atom stereocenters. The molecular weight excluding hydrogens is 210 g/mol. The van der Waals surface area contributed by atoms with E-state index in [1.54, 1.807) is 19.9 Å². The third-order valence-corrected chi connectivity index (χ3v) is 1.96. The van der Waals surface area contributed by atoms with Crippen LogP contribution in [0.4, 0.5) is 0 Å². The maximum absolute atomic E-state index is 11.6. The summed E-state index contributed by atoms with van der Waals surface area (Å²) in [5, 5.41) is 19.1. The van der Waals surface area contributed by atoms with Gasteiger partial charge in [-0.1, -0.05) is 0 Å². The Morgan fingerprint density at radius 1 is 1.50 bits per heavy atom. The molecule has 0 fully saturated rings. The minimum absolute atomic E-state index is 0.0314. The van der Waals surface area contributed by atoms with E-state index in [9.17, 15) is 9.59 Å². The molecule has 0 aromatic rings. The molecule has 90 valence electrons. The number of nitrogens with zero attached hydrogens (tertiary/aromatic N) is 2. The van der Waals surface area contributed by atoms with Crippen LogP contribution in [0, 0.1) is 11.3 Å². The molecule has 0 heterocycles. The number of amides is 2. The summed E-state index contributed by atoms with van der Waals surface area (Å²) < 4.78 is 0. The summed E-state index contributed by atoms with van der Waals surface area (Å²) in [6, 6.07) is 1.60. The molecule has 0 bridgehead atoms. The van der Waals surface area contributed by atoms with Gasteiger partial charge in [-0.2, -0.15) is 5.26 Å². The first-order chi connectivity index (χ1) is 7.54. The number of carbonyl (C=O) groups is 2. The predicted molar refractivity (Wildman–Crippen MR) is 57.2 cm³/mol. The summed E-state index contributed by atoms with van der Waals surface area (Å²) in [7, 11) is 0. The van der Waals surface area contributed by atoms with Gasteiger partial charge in [-0.05, 0) is 20.3 Å². The zero-order valence-electron chi connectivity index (χ0n) is 9.56. The summed E-state index contributed by atoms with van der Waals surface area (Å²) in [6.07, 6.45) is 0.426. The van der Waals surface area contributed by atoms with E-state index in [1.165, 1.54) is 4.90 Å². The van der Waals surface area contributed by atoms with Crippen LogP contribution in [0.5, 0.6) is 0 Å². The van der Waals surface area contributed by atoms with Gasteiger partial charge in [0.05, 0.1) is 6.07 Å². The molecule has 0 atom stereocenters. The molecule has 2 N–H and O–H groups in total. The van der Waals surface area contributed by atoms with Gasteiger partial charge < -0.3 is 15.3 Å². The molecule has 0 aromatic carbocycles. The Labute approximate surface area is 94.8 Å². The molecule has 0 aliphatic heterocycles. The van der Waals surface area contributed by atoms with Crippen LogP contribution in [-0.2, 0) is 9.59 Å². The van der Waals surface area contributed by atoms with Crippen molar-refractivity contribution in [3.05, 3.63) is 0 Å². The third kappa shape index (κ3) is 4.75. The molecule has 0 aliphatic rings. The van der Waals surface area contributed by atoms with E-state index in [1.807, 2.05) is 0 Å². The zero-order chi connectivity index (χ0) is 12.6. The van der Waals surface area contributed by atoms with Crippen molar-refractivity contribution < 1.29 is 14.7 Å². The van der Waals surface area contributed by atoms with E-state index in [-0.39, 0.29) is 19.2 Å². The number of nitriles is 1. The Hall–Kier alpha value is -1.61. The second-order valence-electron chi connectivity index (χ2n) is 3.51. The van der Waals surface area contributed by atoms with E-state index in [0.29, 0.717) is 13.0 Å². The van der Waals surface area contributed by atoms with Crippen LogP contribution in [0.3, 0.4) is 0 Å². The van der Waals surface area contributed by atoms with Crippen molar-refractivity contribution in [2.45, 2.75) is 26.3 Å². The van der Waals surface area contributed by atoms with Gasteiger partial charge >= 0.3 is 11.8 Å². The first-order valence-electron chi connectivity index (χ1n) is 5.11. The minimum atomic E-state index is -0.784. The highest BCUT2D eigenvalue weighted by atomic mass is 16.3. The number of carbonyl (C=O) groups excluding carboxylic acids is 2. The lowest BCUT2D eigenvalue weighted by Gasteiger charge is -2.25. The summed E-state index contributed by atoms with van der Waals surface area (Å²) in [5.74, 6) is -1.45. The highest BCUT2D eigenvalue weighted by molar-refractivity contribution is 6.35. The summed E-state index contributed by atoms with van der Waals surface area (Å²) in [4.78, 5) is 24.3. The van der Waals surface area contributed by atoms with Crippen LogP contribution in [-0.4, -0.2) is 47.6 Å². The number of hydrogen-bond donors (Lipinski definition) is 2. The summed E-state index contributed by atoms with van der Waals surface area (Å²) in [5.41, 5.74) is 0. The van der Waals surface area contributed by atoms with Crippen LogP contribution in [0.2, 0.25) is 0 Å². The van der Waals surface area contributed by atoms with Gasteiger partial charge in [0.25, 0.3) is 0 Å². The standard InChI is InChI=1S/C10H17N3O3/c1-8(2)13(6-3-7-14)10(16)9(15)12-5-4-11/h8,14H,3,5-7H2,1-2H3,(H,12,15). The van der Waals surface area contributed by atoms with Crippen LogP contribution >= 0.6 is 0 Å². The fraction of sp³-hybridized carbons (Fsp3) is 0.700. The molecule has 0 aromatic heterocycles. The lowest BCUT2D eigenvalue weighted by atomic mass is 10.2. The Morgan fingerprint density at radius 2 is 2.12 bits per heavy atom. The number of aliphatic hydroxyl groups excluding tert-OH is 1. The fourth-order valence-electron chi connectivity index (χ4n) is 1.16. The van der Waals surface area contributed by atoms with Gasteiger partial charge in [0.15, 0.2) is 0 Å². The third-order valence-electron chi connectivity index (χ3n) is 1.96. The van der Waals surface area contributed by atoms with Gasteiger partial charge in [-0.15, -0.1) is 0 Å². The molecule has 0 saturated carbocycles. The maximum Gasteiger partial charge on any atom is 0.312 e. The highest BCUT2D eigenvalue weighted by Crippen LogP contribution is 2.00. The lowest BCUT2D eigenvalue weighted by Crippen LogP contribution is -2.46. The molecule has 0 spiro atoms. The van der Waals surface area contributed by atoms with E-state index in [4.69, 9.17) is 10.4 Å². The molecule has 2 amide bonds. The molecule has 6 nitrogen and oxygen atoms in total. The Balaban J connectivity index is 4.37. The number of hydrogen-bond acceptors (Lipinski definition) is 4.